The van der Waals surface area contributed by atoms with Gasteiger partial charge in [0, 0.05) is 12.8 Å². The number of rotatable bonds is 34. The standard InChI is InChI=1S/C38H72O5/c1-3-5-7-9-11-13-15-17-19-21-23-25-27-29-31-33-38(41)43-36(34-39)35-42-37(40)32-30-28-26-24-22-20-18-16-14-12-10-8-6-4-2/h17,19,36,39H,3-16,18,20-35H2,1-2H3/b19-17-. The molecule has 5 heteroatoms. The van der Waals surface area contributed by atoms with Crippen molar-refractivity contribution in [2.24, 2.45) is 0 Å². The topological polar surface area (TPSA) is 72.8 Å². The van der Waals surface area contributed by atoms with Crippen molar-refractivity contribution in [2.75, 3.05) is 13.2 Å². The normalized spacial score (nSPS) is 12.2. The maximum absolute atomic E-state index is 12.1. The van der Waals surface area contributed by atoms with E-state index in [9.17, 15) is 14.7 Å². The smallest absolute Gasteiger partial charge is 0.306 e. The third kappa shape index (κ3) is 33.4. The molecular weight excluding hydrogens is 536 g/mol. The molecule has 0 saturated carbocycles. The summed E-state index contributed by atoms with van der Waals surface area (Å²) in [6.45, 7) is 4.13. The zero-order valence-corrected chi connectivity index (χ0v) is 28.7. The molecule has 0 amide bonds. The summed E-state index contributed by atoms with van der Waals surface area (Å²) in [7, 11) is 0. The molecule has 0 aliphatic heterocycles. The Morgan fingerprint density at radius 3 is 1.26 bits per heavy atom. The second-order valence-corrected chi connectivity index (χ2v) is 12.7. The number of hydrogen-bond acceptors (Lipinski definition) is 5. The van der Waals surface area contributed by atoms with Gasteiger partial charge < -0.3 is 14.6 Å². The van der Waals surface area contributed by atoms with Gasteiger partial charge >= 0.3 is 11.9 Å². The lowest BCUT2D eigenvalue weighted by Gasteiger charge is -2.15. The molecule has 1 unspecified atom stereocenters. The van der Waals surface area contributed by atoms with Crippen LogP contribution < -0.4 is 0 Å². The zero-order chi connectivity index (χ0) is 31.5. The van der Waals surface area contributed by atoms with E-state index in [1.807, 2.05) is 0 Å². The molecule has 43 heavy (non-hydrogen) atoms. The van der Waals surface area contributed by atoms with Gasteiger partial charge in [0.05, 0.1) is 6.61 Å². The summed E-state index contributed by atoms with van der Waals surface area (Å²) in [6, 6.07) is 0. The monoisotopic (exact) mass is 609 g/mol. The van der Waals surface area contributed by atoms with Crippen LogP contribution in [-0.4, -0.2) is 36.4 Å². The van der Waals surface area contributed by atoms with E-state index in [1.165, 1.54) is 128 Å². The highest BCUT2D eigenvalue weighted by Crippen LogP contribution is 2.14. The lowest BCUT2D eigenvalue weighted by Crippen LogP contribution is -2.28. The summed E-state index contributed by atoms with van der Waals surface area (Å²) in [5.74, 6) is -0.592. The van der Waals surface area contributed by atoms with Crippen LogP contribution in [0.4, 0.5) is 0 Å². The largest absolute Gasteiger partial charge is 0.462 e. The second-order valence-electron chi connectivity index (χ2n) is 12.7. The predicted octanol–water partition coefficient (Wildman–Crippen LogP) is 11.3. The minimum absolute atomic E-state index is 0.0634. The molecule has 0 saturated heterocycles. The first-order chi connectivity index (χ1) is 21.1. The number of carbonyl (C=O) groups excluding carboxylic acids is 2. The Bertz CT molecular complexity index is 617. The summed E-state index contributed by atoms with van der Waals surface area (Å²) in [5, 5.41) is 9.53. The maximum atomic E-state index is 12.1. The Hall–Kier alpha value is -1.36. The number of aliphatic hydroxyl groups excluding tert-OH is 1. The quantitative estimate of drug-likeness (QED) is 0.0447. The molecule has 0 aromatic rings. The van der Waals surface area contributed by atoms with Crippen molar-refractivity contribution in [1.82, 2.24) is 0 Å². The minimum Gasteiger partial charge on any atom is -0.462 e. The first-order valence-corrected chi connectivity index (χ1v) is 18.7. The van der Waals surface area contributed by atoms with Crippen LogP contribution in [0.25, 0.3) is 0 Å². The number of carbonyl (C=O) groups is 2. The van der Waals surface area contributed by atoms with Crippen LogP contribution in [0.15, 0.2) is 12.2 Å². The van der Waals surface area contributed by atoms with Gasteiger partial charge in [-0.1, -0.05) is 161 Å². The summed E-state index contributed by atoms with van der Waals surface area (Å²) >= 11 is 0. The molecule has 254 valence electrons. The van der Waals surface area contributed by atoms with Crippen LogP contribution in [0.3, 0.4) is 0 Å². The average molecular weight is 609 g/mol. The Labute approximate surface area is 267 Å². The van der Waals surface area contributed by atoms with Crippen molar-refractivity contribution in [3.05, 3.63) is 12.2 Å². The Morgan fingerprint density at radius 2 is 0.860 bits per heavy atom. The van der Waals surface area contributed by atoms with Crippen molar-refractivity contribution in [2.45, 2.75) is 206 Å². The van der Waals surface area contributed by atoms with Crippen molar-refractivity contribution >= 4 is 11.9 Å². The first kappa shape index (κ1) is 41.6. The molecule has 0 fully saturated rings. The van der Waals surface area contributed by atoms with Gasteiger partial charge in [-0.2, -0.15) is 0 Å². The predicted molar refractivity (Wildman–Crippen MR) is 182 cm³/mol. The van der Waals surface area contributed by atoms with E-state index in [4.69, 9.17) is 9.47 Å². The second kappa shape index (κ2) is 35.1. The Balaban J connectivity index is 3.54. The fourth-order valence-corrected chi connectivity index (χ4v) is 5.43. The Morgan fingerprint density at radius 1 is 0.512 bits per heavy atom. The number of allylic oxidation sites excluding steroid dienone is 2. The molecule has 5 nitrogen and oxygen atoms in total. The van der Waals surface area contributed by atoms with Gasteiger partial charge in [-0.15, -0.1) is 0 Å². The van der Waals surface area contributed by atoms with E-state index in [-0.39, 0.29) is 25.2 Å². The van der Waals surface area contributed by atoms with Crippen LogP contribution in [0.5, 0.6) is 0 Å². The van der Waals surface area contributed by atoms with Gasteiger partial charge in [0.25, 0.3) is 0 Å². The van der Waals surface area contributed by atoms with Crippen LogP contribution in [-0.2, 0) is 19.1 Å². The van der Waals surface area contributed by atoms with Gasteiger partial charge in [-0.3, -0.25) is 9.59 Å². The molecule has 1 N–H and O–H groups in total. The highest BCUT2D eigenvalue weighted by atomic mass is 16.6. The van der Waals surface area contributed by atoms with Crippen LogP contribution in [0.1, 0.15) is 200 Å². The molecule has 0 spiro atoms. The van der Waals surface area contributed by atoms with Gasteiger partial charge in [0.2, 0.25) is 0 Å². The zero-order valence-electron chi connectivity index (χ0n) is 28.7. The number of aliphatic hydroxyl groups is 1. The van der Waals surface area contributed by atoms with Crippen LogP contribution >= 0.6 is 0 Å². The van der Waals surface area contributed by atoms with Crippen LogP contribution in [0.2, 0.25) is 0 Å². The number of esters is 2. The molecule has 0 aliphatic carbocycles. The van der Waals surface area contributed by atoms with E-state index in [1.54, 1.807) is 0 Å². The summed E-state index contributed by atoms with van der Waals surface area (Å²) in [6.07, 6.45) is 38.3. The van der Waals surface area contributed by atoms with Crippen molar-refractivity contribution in [3.63, 3.8) is 0 Å². The third-order valence-corrected chi connectivity index (χ3v) is 8.31. The van der Waals surface area contributed by atoms with E-state index in [0.29, 0.717) is 12.8 Å². The fourth-order valence-electron chi connectivity index (χ4n) is 5.43. The maximum Gasteiger partial charge on any atom is 0.306 e. The van der Waals surface area contributed by atoms with E-state index in [0.717, 1.165) is 44.9 Å². The molecule has 0 bridgehead atoms. The highest BCUT2D eigenvalue weighted by Gasteiger charge is 2.16. The molecule has 0 aromatic heterocycles. The van der Waals surface area contributed by atoms with Crippen molar-refractivity contribution in [1.29, 1.82) is 0 Å². The van der Waals surface area contributed by atoms with Gasteiger partial charge in [0.1, 0.15) is 6.61 Å². The molecular formula is C38H72O5. The Kier molecular flexibility index (Phi) is 34.0. The van der Waals surface area contributed by atoms with E-state index < -0.39 is 6.10 Å². The molecule has 0 aliphatic rings. The molecule has 0 radical (unpaired) electrons. The van der Waals surface area contributed by atoms with E-state index >= 15 is 0 Å². The van der Waals surface area contributed by atoms with Gasteiger partial charge in [-0.05, 0) is 38.5 Å². The molecule has 0 heterocycles. The lowest BCUT2D eigenvalue weighted by atomic mass is 10.0. The first-order valence-electron chi connectivity index (χ1n) is 18.7. The minimum atomic E-state index is -0.768. The highest BCUT2D eigenvalue weighted by molar-refractivity contribution is 5.70. The lowest BCUT2D eigenvalue weighted by molar-refractivity contribution is -0.161. The summed E-state index contributed by atoms with van der Waals surface area (Å²) < 4.78 is 10.6. The third-order valence-electron chi connectivity index (χ3n) is 8.31. The van der Waals surface area contributed by atoms with Crippen LogP contribution in [0, 0.1) is 0 Å². The van der Waals surface area contributed by atoms with Gasteiger partial charge in [0.15, 0.2) is 6.10 Å². The molecule has 1 atom stereocenters. The number of hydrogen-bond donors (Lipinski definition) is 1. The van der Waals surface area contributed by atoms with Crippen molar-refractivity contribution < 1.29 is 24.2 Å². The summed E-state index contributed by atoms with van der Waals surface area (Å²) in [4.78, 5) is 24.2. The van der Waals surface area contributed by atoms with Gasteiger partial charge in [-0.25, -0.2) is 0 Å². The SMILES string of the molecule is CCCCCCCC/C=C\CCCCCCCC(=O)OC(CO)COC(=O)CCCCCCCCCCCCCCCC. The fraction of sp³-hybridized carbons (Fsp3) is 0.895. The molecule has 0 rings (SSSR count). The van der Waals surface area contributed by atoms with Crippen molar-refractivity contribution in [3.8, 4) is 0 Å². The molecule has 0 aromatic carbocycles. The average Bonchev–Trinajstić information content (AvgIpc) is 3.01. The number of unbranched alkanes of at least 4 members (excludes halogenated alkanes) is 24. The number of ether oxygens (including phenoxy) is 2. The van der Waals surface area contributed by atoms with E-state index in [2.05, 4.69) is 26.0 Å². The summed E-state index contributed by atoms with van der Waals surface area (Å²) in [5.41, 5.74) is 0.